The molecule has 0 saturated carbocycles. The average Bonchev–Trinajstić information content (AvgIpc) is 2.33. The highest BCUT2D eigenvalue weighted by Crippen LogP contribution is 2.15. The van der Waals surface area contributed by atoms with Gasteiger partial charge in [0.05, 0.1) is 6.61 Å². The second-order valence-corrected chi connectivity index (χ2v) is 5.56. The third kappa shape index (κ3) is 8.30. The van der Waals surface area contributed by atoms with Gasteiger partial charge in [0.1, 0.15) is 0 Å². The molecule has 110 valence electrons. The molecule has 0 bridgehead atoms. The minimum Gasteiger partial charge on any atom is -0.380 e. The van der Waals surface area contributed by atoms with Crippen LogP contribution in [-0.2, 0) is 4.74 Å². The number of piperidine rings is 1. The summed E-state index contributed by atoms with van der Waals surface area (Å²) in [6.45, 7) is 14.3. The third-order valence-electron chi connectivity index (χ3n) is 3.39. The summed E-state index contributed by atoms with van der Waals surface area (Å²) >= 11 is 0. The van der Waals surface area contributed by atoms with Crippen molar-refractivity contribution in [2.45, 2.75) is 33.6 Å². The molecule has 0 aromatic carbocycles. The first-order valence-electron chi connectivity index (χ1n) is 7.23. The molecule has 1 fully saturated rings. The van der Waals surface area contributed by atoms with E-state index in [1.807, 2.05) is 0 Å². The van der Waals surface area contributed by atoms with Crippen molar-refractivity contribution in [3.05, 3.63) is 0 Å². The summed E-state index contributed by atoms with van der Waals surface area (Å²) in [6.07, 6.45) is 2.69. The SMILES string of the molecule is CCNCC1CCN(CCOCC(C)C)CC1.Cl. The van der Waals surface area contributed by atoms with Crippen LogP contribution >= 0.6 is 12.4 Å². The lowest BCUT2D eigenvalue weighted by Crippen LogP contribution is -2.38. The van der Waals surface area contributed by atoms with Gasteiger partial charge in [-0.25, -0.2) is 0 Å². The van der Waals surface area contributed by atoms with Gasteiger partial charge in [-0.15, -0.1) is 12.4 Å². The molecular formula is C14H31ClN2O. The van der Waals surface area contributed by atoms with E-state index in [1.54, 1.807) is 0 Å². The molecule has 1 saturated heterocycles. The molecule has 1 heterocycles. The predicted octanol–water partition coefficient (Wildman–Crippen LogP) is 2.40. The zero-order valence-electron chi connectivity index (χ0n) is 12.3. The van der Waals surface area contributed by atoms with Crippen molar-refractivity contribution in [3.63, 3.8) is 0 Å². The van der Waals surface area contributed by atoms with Crippen LogP contribution < -0.4 is 5.32 Å². The maximum Gasteiger partial charge on any atom is 0.0593 e. The topological polar surface area (TPSA) is 24.5 Å². The molecular weight excluding hydrogens is 248 g/mol. The number of hydrogen-bond donors (Lipinski definition) is 1. The molecule has 18 heavy (non-hydrogen) atoms. The van der Waals surface area contributed by atoms with Crippen molar-refractivity contribution < 1.29 is 4.74 Å². The van der Waals surface area contributed by atoms with Gasteiger partial charge in [0.25, 0.3) is 0 Å². The van der Waals surface area contributed by atoms with Crippen LogP contribution in [0.5, 0.6) is 0 Å². The normalized spacial score (nSPS) is 18.0. The van der Waals surface area contributed by atoms with Crippen LogP contribution in [0.2, 0.25) is 0 Å². The van der Waals surface area contributed by atoms with E-state index in [2.05, 4.69) is 31.0 Å². The molecule has 1 N–H and O–H groups in total. The predicted molar refractivity (Wildman–Crippen MR) is 80.6 cm³/mol. The van der Waals surface area contributed by atoms with E-state index in [0.29, 0.717) is 5.92 Å². The highest BCUT2D eigenvalue weighted by Gasteiger charge is 2.18. The van der Waals surface area contributed by atoms with Crippen molar-refractivity contribution in [3.8, 4) is 0 Å². The second kappa shape index (κ2) is 11.0. The van der Waals surface area contributed by atoms with Crippen LogP contribution in [0.15, 0.2) is 0 Å². The Morgan fingerprint density at radius 2 is 1.94 bits per heavy atom. The van der Waals surface area contributed by atoms with Gasteiger partial charge in [-0.1, -0.05) is 20.8 Å². The van der Waals surface area contributed by atoms with Gasteiger partial charge in [-0.3, -0.25) is 0 Å². The third-order valence-corrected chi connectivity index (χ3v) is 3.39. The Morgan fingerprint density at radius 3 is 2.50 bits per heavy atom. The summed E-state index contributed by atoms with van der Waals surface area (Å²) in [5.74, 6) is 1.55. The summed E-state index contributed by atoms with van der Waals surface area (Å²) in [6, 6.07) is 0. The molecule has 3 nitrogen and oxygen atoms in total. The first-order chi connectivity index (χ1) is 8.22. The van der Waals surface area contributed by atoms with Gasteiger partial charge in [0, 0.05) is 13.2 Å². The lowest BCUT2D eigenvalue weighted by molar-refractivity contribution is 0.0739. The van der Waals surface area contributed by atoms with Crippen LogP contribution in [0.1, 0.15) is 33.6 Å². The molecule has 1 rings (SSSR count). The highest BCUT2D eigenvalue weighted by atomic mass is 35.5. The number of halogens is 1. The molecule has 0 atom stereocenters. The number of hydrogen-bond acceptors (Lipinski definition) is 3. The van der Waals surface area contributed by atoms with Crippen LogP contribution in [0.4, 0.5) is 0 Å². The van der Waals surface area contributed by atoms with E-state index in [4.69, 9.17) is 4.74 Å². The summed E-state index contributed by atoms with van der Waals surface area (Å²) in [7, 11) is 0. The average molecular weight is 279 g/mol. The Kier molecular flexibility index (Phi) is 11.1. The molecule has 0 radical (unpaired) electrons. The zero-order valence-corrected chi connectivity index (χ0v) is 13.1. The van der Waals surface area contributed by atoms with Crippen molar-refractivity contribution in [1.82, 2.24) is 10.2 Å². The van der Waals surface area contributed by atoms with Crippen LogP contribution in [0.3, 0.4) is 0 Å². The fourth-order valence-corrected chi connectivity index (χ4v) is 2.28. The fraction of sp³-hybridized carbons (Fsp3) is 1.00. The lowest BCUT2D eigenvalue weighted by Gasteiger charge is -2.31. The number of rotatable bonds is 8. The molecule has 1 aliphatic heterocycles. The van der Waals surface area contributed by atoms with Gasteiger partial charge in [0.15, 0.2) is 0 Å². The standard InChI is InChI=1S/C14H30N2O.ClH/c1-4-15-11-14-5-7-16(8-6-14)9-10-17-12-13(2)3;/h13-15H,4-12H2,1-3H3;1H. The molecule has 0 aromatic heterocycles. The molecule has 0 spiro atoms. The van der Waals surface area contributed by atoms with Gasteiger partial charge in [-0.05, 0) is 50.9 Å². The van der Waals surface area contributed by atoms with Crippen LogP contribution in [-0.4, -0.2) is 50.8 Å². The minimum absolute atomic E-state index is 0. The lowest BCUT2D eigenvalue weighted by atomic mass is 9.97. The molecule has 0 amide bonds. The number of ether oxygens (including phenoxy) is 1. The monoisotopic (exact) mass is 278 g/mol. The highest BCUT2D eigenvalue weighted by molar-refractivity contribution is 5.85. The molecule has 1 aliphatic rings. The quantitative estimate of drug-likeness (QED) is 0.690. The summed E-state index contributed by atoms with van der Waals surface area (Å²) in [4.78, 5) is 2.54. The van der Waals surface area contributed by atoms with Crippen molar-refractivity contribution >= 4 is 12.4 Å². The summed E-state index contributed by atoms with van der Waals surface area (Å²) in [5.41, 5.74) is 0. The minimum atomic E-state index is 0. The van der Waals surface area contributed by atoms with E-state index in [1.165, 1.54) is 32.5 Å². The molecule has 0 unspecified atom stereocenters. The van der Waals surface area contributed by atoms with Gasteiger partial charge in [0.2, 0.25) is 0 Å². The summed E-state index contributed by atoms with van der Waals surface area (Å²) in [5, 5.41) is 3.45. The Labute approximate surface area is 119 Å². The number of nitrogens with one attached hydrogen (secondary N) is 1. The fourth-order valence-electron chi connectivity index (χ4n) is 2.28. The molecule has 0 aliphatic carbocycles. The molecule has 0 aromatic rings. The Bertz CT molecular complexity index is 183. The van der Waals surface area contributed by atoms with E-state index < -0.39 is 0 Å². The maximum atomic E-state index is 5.64. The Hall–Kier alpha value is 0.170. The van der Waals surface area contributed by atoms with Gasteiger partial charge < -0.3 is 15.0 Å². The van der Waals surface area contributed by atoms with Gasteiger partial charge >= 0.3 is 0 Å². The smallest absolute Gasteiger partial charge is 0.0593 e. The van der Waals surface area contributed by atoms with Crippen LogP contribution in [0.25, 0.3) is 0 Å². The first kappa shape index (κ1) is 18.2. The van der Waals surface area contributed by atoms with E-state index in [9.17, 15) is 0 Å². The number of nitrogens with zero attached hydrogens (tertiary/aromatic N) is 1. The van der Waals surface area contributed by atoms with E-state index in [-0.39, 0.29) is 12.4 Å². The van der Waals surface area contributed by atoms with Crippen LogP contribution in [0, 0.1) is 11.8 Å². The Balaban J connectivity index is 0.00000289. The number of likely N-dealkylation sites (tertiary alicyclic amines) is 1. The first-order valence-corrected chi connectivity index (χ1v) is 7.23. The maximum absolute atomic E-state index is 5.64. The van der Waals surface area contributed by atoms with Gasteiger partial charge in [-0.2, -0.15) is 0 Å². The second-order valence-electron chi connectivity index (χ2n) is 5.56. The zero-order chi connectivity index (χ0) is 12.5. The Morgan fingerprint density at radius 1 is 1.28 bits per heavy atom. The van der Waals surface area contributed by atoms with E-state index in [0.717, 1.165) is 32.2 Å². The van der Waals surface area contributed by atoms with Crippen molar-refractivity contribution in [2.24, 2.45) is 11.8 Å². The molecule has 4 heteroatoms. The largest absolute Gasteiger partial charge is 0.380 e. The van der Waals surface area contributed by atoms with Crippen molar-refractivity contribution in [1.29, 1.82) is 0 Å². The van der Waals surface area contributed by atoms with Crippen molar-refractivity contribution in [2.75, 3.05) is 45.9 Å². The van der Waals surface area contributed by atoms with E-state index >= 15 is 0 Å². The summed E-state index contributed by atoms with van der Waals surface area (Å²) < 4.78 is 5.64.